The molecule has 0 spiro atoms. The van der Waals surface area contributed by atoms with Crippen molar-refractivity contribution in [1.29, 1.82) is 0 Å². The number of benzene rings is 2. The summed E-state index contributed by atoms with van der Waals surface area (Å²) in [6.45, 7) is 4.27. The highest BCUT2D eigenvalue weighted by Crippen LogP contribution is 2.30. The van der Waals surface area contributed by atoms with Crippen molar-refractivity contribution in [3.63, 3.8) is 0 Å². The van der Waals surface area contributed by atoms with E-state index in [9.17, 15) is 0 Å². The predicted octanol–water partition coefficient (Wildman–Crippen LogP) is 4.41. The number of furan rings is 1. The summed E-state index contributed by atoms with van der Waals surface area (Å²) in [6, 6.07) is 14.8. The van der Waals surface area contributed by atoms with Crippen LogP contribution >= 0.6 is 0 Å². The lowest BCUT2D eigenvalue weighted by molar-refractivity contribution is 0.669. The molecule has 2 heteroatoms. The highest BCUT2D eigenvalue weighted by Gasteiger charge is 2.06. The molecule has 86 valence electrons. The normalized spacial score (nSPS) is 11.5. The molecule has 0 aliphatic carbocycles. The lowest BCUT2D eigenvalue weighted by Gasteiger charge is -2.09. The Morgan fingerprint density at radius 2 is 1.71 bits per heavy atom. The standard InChI is InChI=1S/C15H15NO/c1-10(2)16-11-7-8-15-13(9-11)12-5-3-4-6-14(12)17-15/h3-10,16H,1-2H3. The smallest absolute Gasteiger partial charge is 0.135 e. The van der Waals surface area contributed by atoms with Crippen LogP contribution in [0, 0.1) is 0 Å². The Balaban J connectivity index is 2.23. The highest BCUT2D eigenvalue weighted by atomic mass is 16.3. The minimum Gasteiger partial charge on any atom is -0.456 e. The highest BCUT2D eigenvalue weighted by molar-refractivity contribution is 6.05. The third kappa shape index (κ3) is 1.76. The first-order chi connectivity index (χ1) is 8.24. The fraction of sp³-hybridized carbons (Fsp3) is 0.200. The molecule has 0 amide bonds. The van der Waals surface area contributed by atoms with Crippen LogP contribution in [0.2, 0.25) is 0 Å². The summed E-state index contributed by atoms with van der Waals surface area (Å²) in [5, 5.41) is 5.76. The Labute approximate surface area is 100 Å². The monoisotopic (exact) mass is 225 g/mol. The van der Waals surface area contributed by atoms with E-state index in [1.807, 2.05) is 24.3 Å². The molecule has 2 aromatic carbocycles. The molecule has 17 heavy (non-hydrogen) atoms. The maximum atomic E-state index is 5.78. The Morgan fingerprint density at radius 3 is 2.53 bits per heavy atom. The quantitative estimate of drug-likeness (QED) is 0.699. The molecule has 0 aliphatic rings. The van der Waals surface area contributed by atoms with Gasteiger partial charge in [-0.05, 0) is 38.1 Å². The summed E-state index contributed by atoms with van der Waals surface area (Å²) in [7, 11) is 0. The van der Waals surface area contributed by atoms with Crippen LogP contribution in [0.25, 0.3) is 21.9 Å². The van der Waals surface area contributed by atoms with Gasteiger partial charge >= 0.3 is 0 Å². The second kappa shape index (κ2) is 3.81. The van der Waals surface area contributed by atoms with Crippen LogP contribution < -0.4 is 5.32 Å². The molecule has 0 aliphatic heterocycles. The van der Waals surface area contributed by atoms with Crippen molar-refractivity contribution in [2.24, 2.45) is 0 Å². The van der Waals surface area contributed by atoms with Gasteiger partial charge < -0.3 is 9.73 Å². The predicted molar refractivity (Wildman–Crippen MR) is 72.5 cm³/mol. The van der Waals surface area contributed by atoms with Crippen LogP contribution in [-0.2, 0) is 0 Å². The van der Waals surface area contributed by atoms with Crippen molar-refractivity contribution in [3.05, 3.63) is 42.5 Å². The van der Waals surface area contributed by atoms with Gasteiger partial charge in [0.15, 0.2) is 0 Å². The molecule has 3 rings (SSSR count). The SMILES string of the molecule is CC(C)Nc1ccc2oc3ccccc3c2c1. The first kappa shape index (κ1) is 10.2. The largest absolute Gasteiger partial charge is 0.456 e. The summed E-state index contributed by atoms with van der Waals surface area (Å²) in [4.78, 5) is 0. The molecule has 0 bridgehead atoms. The molecule has 0 saturated heterocycles. The van der Waals surface area contributed by atoms with Gasteiger partial charge in [-0.15, -0.1) is 0 Å². The van der Waals surface area contributed by atoms with Crippen molar-refractivity contribution in [2.75, 3.05) is 5.32 Å². The average molecular weight is 225 g/mol. The molecule has 0 fully saturated rings. The first-order valence-corrected chi connectivity index (χ1v) is 5.92. The van der Waals surface area contributed by atoms with Gasteiger partial charge in [0.25, 0.3) is 0 Å². The molecule has 0 radical (unpaired) electrons. The van der Waals surface area contributed by atoms with Gasteiger partial charge in [0.2, 0.25) is 0 Å². The van der Waals surface area contributed by atoms with Crippen molar-refractivity contribution in [1.82, 2.24) is 0 Å². The number of hydrogen-bond donors (Lipinski definition) is 1. The van der Waals surface area contributed by atoms with Gasteiger partial charge in [0.05, 0.1) is 0 Å². The molecular formula is C15H15NO. The summed E-state index contributed by atoms with van der Waals surface area (Å²) in [6.07, 6.45) is 0. The molecule has 0 saturated carbocycles. The minimum atomic E-state index is 0.436. The van der Waals surface area contributed by atoms with Gasteiger partial charge in [0.1, 0.15) is 11.2 Å². The first-order valence-electron chi connectivity index (χ1n) is 5.92. The van der Waals surface area contributed by atoms with E-state index in [1.165, 1.54) is 10.8 Å². The molecule has 1 aromatic heterocycles. The molecule has 0 atom stereocenters. The molecule has 3 aromatic rings. The van der Waals surface area contributed by atoms with Crippen molar-refractivity contribution >= 4 is 27.6 Å². The Hall–Kier alpha value is -1.96. The van der Waals surface area contributed by atoms with E-state index in [0.29, 0.717) is 6.04 Å². The van der Waals surface area contributed by atoms with E-state index in [2.05, 4.69) is 37.4 Å². The number of hydrogen-bond acceptors (Lipinski definition) is 2. The van der Waals surface area contributed by atoms with Gasteiger partial charge in [-0.2, -0.15) is 0 Å². The maximum absolute atomic E-state index is 5.78. The Kier molecular flexibility index (Phi) is 2.29. The van der Waals surface area contributed by atoms with E-state index < -0.39 is 0 Å². The van der Waals surface area contributed by atoms with Gasteiger partial charge in [-0.1, -0.05) is 18.2 Å². The van der Waals surface area contributed by atoms with Gasteiger partial charge in [-0.3, -0.25) is 0 Å². The number of nitrogens with one attached hydrogen (secondary N) is 1. The minimum absolute atomic E-state index is 0.436. The fourth-order valence-corrected chi connectivity index (χ4v) is 2.15. The zero-order valence-electron chi connectivity index (χ0n) is 10.0. The Bertz CT molecular complexity index is 667. The van der Waals surface area contributed by atoms with E-state index in [-0.39, 0.29) is 0 Å². The van der Waals surface area contributed by atoms with Crippen LogP contribution in [-0.4, -0.2) is 6.04 Å². The van der Waals surface area contributed by atoms with Gasteiger partial charge in [-0.25, -0.2) is 0 Å². The van der Waals surface area contributed by atoms with E-state index in [4.69, 9.17) is 4.42 Å². The Morgan fingerprint density at radius 1 is 0.941 bits per heavy atom. The molecule has 0 unspecified atom stereocenters. The maximum Gasteiger partial charge on any atom is 0.135 e. The molecular weight excluding hydrogens is 210 g/mol. The summed E-state index contributed by atoms with van der Waals surface area (Å²) < 4.78 is 5.78. The van der Waals surface area contributed by atoms with Crippen LogP contribution in [0.5, 0.6) is 0 Å². The van der Waals surface area contributed by atoms with E-state index in [1.54, 1.807) is 0 Å². The zero-order chi connectivity index (χ0) is 11.8. The molecule has 2 nitrogen and oxygen atoms in total. The van der Waals surface area contributed by atoms with E-state index in [0.717, 1.165) is 16.9 Å². The zero-order valence-corrected chi connectivity index (χ0v) is 10.0. The lowest BCUT2D eigenvalue weighted by Crippen LogP contribution is -2.09. The third-order valence-electron chi connectivity index (χ3n) is 2.83. The van der Waals surface area contributed by atoms with Crippen molar-refractivity contribution in [3.8, 4) is 0 Å². The van der Waals surface area contributed by atoms with Crippen LogP contribution in [0.15, 0.2) is 46.9 Å². The number of para-hydroxylation sites is 1. The van der Waals surface area contributed by atoms with Crippen LogP contribution in [0.1, 0.15) is 13.8 Å². The van der Waals surface area contributed by atoms with E-state index >= 15 is 0 Å². The second-order valence-corrected chi connectivity index (χ2v) is 4.61. The molecule has 1 N–H and O–H groups in total. The summed E-state index contributed by atoms with van der Waals surface area (Å²) in [5.74, 6) is 0. The average Bonchev–Trinajstić information content (AvgIpc) is 2.66. The van der Waals surface area contributed by atoms with Crippen LogP contribution in [0.4, 0.5) is 5.69 Å². The lowest BCUT2D eigenvalue weighted by atomic mass is 10.1. The van der Waals surface area contributed by atoms with Gasteiger partial charge in [0, 0.05) is 22.5 Å². The van der Waals surface area contributed by atoms with Crippen LogP contribution in [0.3, 0.4) is 0 Å². The number of anilines is 1. The fourth-order valence-electron chi connectivity index (χ4n) is 2.15. The second-order valence-electron chi connectivity index (χ2n) is 4.61. The number of fused-ring (bicyclic) bond motifs is 3. The summed E-state index contributed by atoms with van der Waals surface area (Å²) in [5.41, 5.74) is 3.03. The molecule has 1 heterocycles. The number of rotatable bonds is 2. The third-order valence-corrected chi connectivity index (χ3v) is 2.83. The summed E-state index contributed by atoms with van der Waals surface area (Å²) >= 11 is 0. The topological polar surface area (TPSA) is 25.2 Å². The van der Waals surface area contributed by atoms with Crippen molar-refractivity contribution < 1.29 is 4.42 Å². The van der Waals surface area contributed by atoms with Crippen molar-refractivity contribution in [2.45, 2.75) is 19.9 Å².